The molecule has 0 amide bonds. The SMILES string of the molecule is C1CCC2NCCN2OC1. The molecule has 0 radical (unpaired) electrons. The summed E-state index contributed by atoms with van der Waals surface area (Å²) < 4.78 is 0. The maximum absolute atomic E-state index is 5.50. The fraction of sp³-hybridized carbons (Fsp3) is 1.00. The van der Waals surface area contributed by atoms with Gasteiger partial charge in [0, 0.05) is 13.1 Å². The lowest BCUT2D eigenvalue weighted by Gasteiger charge is -2.19. The minimum atomic E-state index is 0.516. The summed E-state index contributed by atoms with van der Waals surface area (Å²) in [5, 5.41) is 5.49. The molecule has 0 aromatic carbocycles. The lowest BCUT2D eigenvalue weighted by Crippen LogP contribution is -2.33. The summed E-state index contributed by atoms with van der Waals surface area (Å²) in [6.45, 7) is 3.06. The molecule has 1 unspecified atom stereocenters. The van der Waals surface area contributed by atoms with Crippen LogP contribution in [-0.2, 0) is 4.84 Å². The first-order chi connectivity index (χ1) is 4.97. The Bertz CT molecular complexity index is 106. The monoisotopic (exact) mass is 142 g/mol. The fourth-order valence-corrected chi connectivity index (χ4v) is 1.62. The van der Waals surface area contributed by atoms with Gasteiger partial charge in [-0.15, -0.1) is 0 Å². The second-order valence-electron chi connectivity index (χ2n) is 2.94. The second-order valence-corrected chi connectivity index (χ2v) is 2.94. The molecule has 1 N–H and O–H groups in total. The summed E-state index contributed by atoms with van der Waals surface area (Å²) in [5.41, 5.74) is 0. The Labute approximate surface area is 61.3 Å². The van der Waals surface area contributed by atoms with Crippen molar-refractivity contribution in [1.29, 1.82) is 0 Å². The standard InChI is InChI=1S/C7H14N2O/c1-2-6-10-9-5-4-8-7(9)3-1/h7-8H,1-6H2. The first kappa shape index (κ1) is 6.58. The van der Waals surface area contributed by atoms with Gasteiger partial charge in [0.05, 0.1) is 12.8 Å². The molecule has 0 aromatic rings. The zero-order chi connectivity index (χ0) is 6.81. The van der Waals surface area contributed by atoms with Crippen LogP contribution >= 0.6 is 0 Å². The van der Waals surface area contributed by atoms with Crippen LogP contribution in [0.15, 0.2) is 0 Å². The van der Waals surface area contributed by atoms with Crippen molar-refractivity contribution in [3.8, 4) is 0 Å². The molecule has 2 saturated heterocycles. The Balaban J connectivity index is 1.95. The number of hydroxylamine groups is 2. The highest BCUT2D eigenvalue weighted by atomic mass is 16.7. The van der Waals surface area contributed by atoms with Gasteiger partial charge in [-0.1, -0.05) is 0 Å². The van der Waals surface area contributed by atoms with Gasteiger partial charge in [0.1, 0.15) is 0 Å². The van der Waals surface area contributed by atoms with Crippen molar-refractivity contribution < 1.29 is 4.84 Å². The molecule has 2 aliphatic rings. The van der Waals surface area contributed by atoms with Gasteiger partial charge in [0.25, 0.3) is 0 Å². The van der Waals surface area contributed by atoms with Crippen molar-refractivity contribution in [2.75, 3.05) is 19.7 Å². The van der Waals surface area contributed by atoms with E-state index < -0.39 is 0 Å². The van der Waals surface area contributed by atoms with Crippen molar-refractivity contribution in [2.24, 2.45) is 0 Å². The molecule has 0 bridgehead atoms. The lowest BCUT2D eigenvalue weighted by atomic mass is 10.2. The van der Waals surface area contributed by atoms with E-state index in [0.717, 1.165) is 19.7 Å². The molecule has 2 aliphatic heterocycles. The predicted octanol–water partition coefficient (Wildman–Crippen LogP) is 0.333. The lowest BCUT2D eigenvalue weighted by molar-refractivity contribution is -0.162. The second kappa shape index (κ2) is 2.86. The van der Waals surface area contributed by atoms with Crippen LogP contribution in [0.5, 0.6) is 0 Å². The molecular formula is C7H14N2O. The molecular weight excluding hydrogens is 128 g/mol. The maximum atomic E-state index is 5.50. The smallest absolute Gasteiger partial charge is 0.0844 e. The van der Waals surface area contributed by atoms with Crippen LogP contribution in [0, 0.1) is 0 Å². The number of hydrogen-bond acceptors (Lipinski definition) is 3. The van der Waals surface area contributed by atoms with Crippen LogP contribution in [0.1, 0.15) is 19.3 Å². The molecule has 0 spiro atoms. The Morgan fingerprint density at radius 1 is 1.40 bits per heavy atom. The third kappa shape index (κ3) is 1.17. The van der Waals surface area contributed by atoms with Crippen LogP contribution in [0.4, 0.5) is 0 Å². The average Bonchev–Trinajstić information content (AvgIpc) is 2.28. The van der Waals surface area contributed by atoms with E-state index in [-0.39, 0.29) is 0 Å². The van der Waals surface area contributed by atoms with Gasteiger partial charge < -0.3 is 0 Å². The van der Waals surface area contributed by atoms with Gasteiger partial charge in [-0.2, -0.15) is 5.06 Å². The first-order valence-corrected chi connectivity index (χ1v) is 4.10. The van der Waals surface area contributed by atoms with Crippen molar-refractivity contribution in [3.63, 3.8) is 0 Å². The van der Waals surface area contributed by atoms with Gasteiger partial charge in [-0.05, 0) is 19.3 Å². The molecule has 1 atom stereocenters. The summed E-state index contributed by atoms with van der Waals surface area (Å²) in [6, 6.07) is 0. The molecule has 2 rings (SSSR count). The zero-order valence-electron chi connectivity index (χ0n) is 6.18. The molecule has 0 aliphatic carbocycles. The summed E-state index contributed by atoms with van der Waals surface area (Å²) in [6.07, 6.45) is 4.28. The van der Waals surface area contributed by atoms with Crippen molar-refractivity contribution in [1.82, 2.24) is 10.4 Å². The minimum absolute atomic E-state index is 0.516. The highest BCUT2D eigenvalue weighted by molar-refractivity contribution is 4.73. The molecule has 58 valence electrons. The summed E-state index contributed by atoms with van der Waals surface area (Å²) in [4.78, 5) is 5.50. The normalized spacial score (nSPS) is 35.4. The van der Waals surface area contributed by atoms with Gasteiger partial charge in [0.15, 0.2) is 0 Å². The molecule has 3 heteroatoms. The number of nitrogens with zero attached hydrogens (tertiary/aromatic N) is 1. The predicted molar refractivity (Wildman–Crippen MR) is 38.3 cm³/mol. The molecule has 3 nitrogen and oxygen atoms in total. The molecule has 2 fully saturated rings. The average molecular weight is 142 g/mol. The summed E-state index contributed by atoms with van der Waals surface area (Å²) in [7, 11) is 0. The summed E-state index contributed by atoms with van der Waals surface area (Å²) in [5.74, 6) is 0. The Morgan fingerprint density at radius 3 is 3.40 bits per heavy atom. The third-order valence-corrected chi connectivity index (χ3v) is 2.19. The van der Waals surface area contributed by atoms with Gasteiger partial charge in [-0.3, -0.25) is 10.2 Å². The number of fused-ring (bicyclic) bond motifs is 1. The summed E-state index contributed by atoms with van der Waals surface area (Å²) >= 11 is 0. The van der Waals surface area contributed by atoms with E-state index >= 15 is 0 Å². The molecule has 2 heterocycles. The van der Waals surface area contributed by atoms with E-state index in [1.54, 1.807) is 0 Å². The van der Waals surface area contributed by atoms with E-state index in [9.17, 15) is 0 Å². The van der Waals surface area contributed by atoms with E-state index in [4.69, 9.17) is 4.84 Å². The number of rotatable bonds is 0. The Kier molecular flexibility index (Phi) is 1.88. The molecule has 10 heavy (non-hydrogen) atoms. The van der Waals surface area contributed by atoms with Crippen LogP contribution in [-0.4, -0.2) is 30.9 Å². The Hall–Kier alpha value is -0.120. The van der Waals surface area contributed by atoms with E-state index in [1.807, 2.05) is 0 Å². The molecule has 0 aromatic heterocycles. The van der Waals surface area contributed by atoms with E-state index in [0.29, 0.717) is 6.17 Å². The quantitative estimate of drug-likeness (QED) is 0.527. The van der Waals surface area contributed by atoms with E-state index in [2.05, 4.69) is 10.4 Å². The van der Waals surface area contributed by atoms with Crippen LogP contribution in [0.2, 0.25) is 0 Å². The van der Waals surface area contributed by atoms with Crippen molar-refractivity contribution in [2.45, 2.75) is 25.4 Å². The van der Waals surface area contributed by atoms with Crippen molar-refractivity contribution >= 4 is 0 Å². The van der Waals surface area contributed by atoms with Gasteiger partial charge >= 0.3 is 0 Å². The Morgan fingerprint density at radius 2 is 2.40 bits per heavy atom. The van der Waals surface area contributed by atoms with Crippen LogP contribution < -0.4 is 5.32 Å². The molecule has 0 saturated carbocycles. The fourth-order valence-electron chi connectivity index (χ4n) is 1.62. The first-order valence-electron chi connectivity index (χ1n) is 4.10. The maximum Gasteiger partial charge on any atom is 0.0844 e. The van der Waals surface area contributed by atoms with Crippen LogP contribution in [0.3, 0.4) is 0 Å². The third-order valence-electron chi connectivity index (χ3n) is 2.19. The van der Waals surface area contributed by atoms with E-state index in [1.165, 1.54) is 19.3 Å². The van der Waals surface area contributed by atoms with Gasteiger partial charge in [-0.25, -0.2) is 0 Å². The zero-order valence-corrected chi connectivity index (χ0v) is 6.18. The van der Waals surface area contributed by atoms with Crippen LogP contribution in [0.25, 0.3) is 0 Å². The number of nitrogens with one attached hydrogen (secondary N) is 1. The highest BCUT2D eigenvalue weighted by Crippen LogP contribution is 2.15. The number of hydrogen-bond donors (Lipinski definition) is 1. The largest absolute Gasteiger partial charge is 0.299 e. The topological polar surface area (TPSA) is 24.5 Å². The van der Waals surface area contributed by atoms with Crippen molar-refractivity contribution in [3.05, 3.63) is 0 Å². The van der Waals surface area contributed by atoms with Gasteiger partial charge in [0.2, 0.25) is 0 Å². The minimum Gasteiger partial charge on any atom is -0.299 e. The highest BCUT2D eigenvalue weighted by Gasteiger charge is 2.25.